The molecule has 2 fully saturated rings. The van der Waals surface area contributed by atoms with E-state index >= 15 is 0 Å². The van der Waals surface area contributed by atoms with Crippen molar-refractivity contribution in [3.8, 4) is 11.8 Å². The van der Waals surface area contributed by atoms with E-state index < -0.39 is 0 Å². The maximum Gasteiger partial charge on any atom is 0.0900 e. The molecule has 0 aromatic carbocycles. The highest BCUT2D eigenvalue weighted by Crippen LogP contribution is 2.30. The number of hydrogen-bond acceptors (Lipinski definition) is 0. The quantitative estimate of drug-likeness (QED) is 0.527. The number of rotatable bonds is 0. The normalized spacial score (nSPS) is 19.6. The Labute approximate surface area is 108 Å². The lowest BCUT2D eigenvalue weighted by molar-refractivity contribution is 0.886. The Kier molecular flexibility index (Phi) is 4.38. The number of hydrogen-bond donors (Lipinski definition) is 0. The molecule has 0 heterocycles. The Balaban J connectivity index is 2.09. The molecule has 0 spiro atoms. The van der Waals surface area contributed by atoms with Crippen molar-refractivity contribution < 1.29 is 0 Å². The van der Waals surface area contributed by atoms with Crippen LogP contribution in [0.25, 0.3) is 0 Å². The van der Waals surface area contributed by atoms with Crippen molar-refractivity contribution in [1.82, 2.24) is 0 Å². The van der Waals surface area contributed by atoms with Gasteiger partial charge in [-0.25, -0.2) is 0 Å². The van der Waals surface area contributed by atoms with Gasteiger partial charge in [0.05, 0.1) is 10.1 Å². The Morgan fingerprint density at radius 2 is 1.00 bits per heavy atom. The molecule has 0 aliphatic heterocycles. The van der Waals surface area contributed by atoms with Gasteiger partial charge in [-0.1, -0.05) is 23.2 Å². The molecular weight excluding hydrogens is 239 g/mol. The second-order valence-corrected chi connectivity index (χ2v) is 5.26. The Morgan fingerprint density at radius 1 is 0.688 bits per heavy atom. The third-order valence-electron chi connectivity index (χ3n) is 3.32. The molecular formula is C14H16Cl2. The molecule has 0 nitrogen and oxygen atoms in total. The first-order valence-corrected chi connectivity index (χ1v) is 6.80. The van der Waals surface area contributed by atoms with Gasteiger partial charge in [0, 0.05) is 0 Å². The van der Waals surface area contributed by atoms with Crippen molar-refractivity contribution in [1.29, 1.82) is 0 Å². The van der Waals surface area contributed by atoms with E-state index in [1.54, 1.807) is 0 Å². The third-order valence-corrected chi connectivity index (χ3v) is 4.04. The highest BCUT2D eigenvalue weighted by atomic mass is 35.5. The number of halogens is 2. The van der Waals surface area contributed by atoms with Crippen molar-refractivity contribution in [2.24, 2.45) is 0 Å². The molecule has 86 valence electrons. The zero-order valence-electron chi connectivity index (χ0n) is 9.41. The molecule has 0 unspecified atom stereocenters. The van der Waals surface area contributed by atoms with Crippen LogP contribution in [0.3, 0.4) is 0 Å². The predicted molar refractivity (Wildman–Crippen MR) is 70.5 cm³/mol. The summed E-state index contributed by atoms with van der Waals surface area (Å²) in [5.41, 5.74) is 2.63. The van der Waals surface area contributed by atoms with E-state index in [9.17, 15) is 0 Å². The van der Waals surface area contributed by atoms with Crippen molar-refractivity contribution >= 4 is 23.2 Å². The largest absolute Gasteiger partial charge is 0.0900 e. The molecule has 0 atom stereocenters. The molecule has 0 amide bonds. The van der Waals surface area contributed by atoms with Crippen molar-refractivity contribution in [2.75, 3.05) is 0 Å². The molecule has 16 heavy (non-hydrogen) atoms. The van der Waals surface area contributed by atoms with Crippen molar-refractivity contribution in [2.45, 2.75) is 51.4 Å². The van der Waals surface area contributed by atoms with Crippen LogP contribution in [0.2, 0.25) is 0 Å². The monoisotopic (exact) mass is 254 g/mol. The smallest absolute Gasteiger partial charge is 0.0745 e. The first-order chi connectivity index (χ1) is 7.77. The topological polar surface area (TPSA) is 0 Å². The van der Waals surface area contributed by atoms with E-state index in [0.29, 0.717) is 0 Å². The molecule has 2 saturated carbocycles. The van der Waals surface area contributed by atoms with Crippen LogP contribution >= 0.6 is 23.2 Å². The van der Waals surface area contributed by atoms with Gasteiger partial charge >= 0.3 is 0 Å². The fraction of sp³-hybridized carbons (Fsp3) is 0.571. The fourth-order valence-corrected chi connectivity index (χ4v) is 2.80. The molecule has 0 aromatic rings. The fourth-order valence-electron chi connectivity index (χ4n) is 2.33. The average Bonchev–Trinajstić information content (AvgIpc) is 2.95. The molecule has 2 heteroatoms. The van der Waals surface area contributed by atoms with Gasteiger partial charge in [-0.15, -0.1) is 0 Å². The minimum absolute atomic E-state index is 0.731. The summed E-state index contributed by atoms with van der Waals surface area (Å²) >= 11 is 12.3. The van der Waals surface area contributed by atoms with Gasteiger partial charge < -0.3 is 0 Å². The highest BCUT2D eigenvalue weighted by molar-refractivity contribution is 6.34. The van der Waals surface area contributed by atoms with Gasteiger partial charge in [0.25, 0.3) is 0 Å². The minimum Gasteiger partial charge on any atom is -0.0745 e. The van der Waals surface area contributed by atoms with Gasteiger partial charge in [-0.3, -0.25) is 0 Å². The minimum atomic E-state index is 0.731. The maximum atomic E-state index is 6.16. The van der Waals surface area contributed by atoms with E-state index in [1.165, 1.54) is 36.8 Å². The van der Waals surface area contributed by atoms with Gasteiger partial charge in [-0.2, -0.15) is 0 Å². The molecule has 0 aromatic heterocycles. The van der Waals surface area contributed by atoms with E-state index in [4.69, 9.17) is 23.2 Å². The SMILES string of the molecule is ClC(C#CC(Cl)=C1CCCC1)=C1CCCC1. The van der Waals surface area contributed by atoms with E-state index in [0.717, 1.165) is 35.7 Å². The summed E-state index contributed by atoms with van der Waals surface area (Å²) in [6, 6.07) is 0. The summed E-state index contributed by atoms with van der Waals surface area (Å²) < 4.78 is 0. The van der Waals surface area contributed by atoms with Gasteiger partial charge in [0.15, 0.2) is 0 Å². The second-order valence-electron chi connectivity index (χ2n) is 4.50. The Hall–Kier alpha value is -0.380. The van der Waals surface area contributed by atoms with Crippen LogP contribution in [-0.2, 0) is 0 Å². The van der Waals surface area contributed by atoms with Crippen LogP contribution in [0.5, 0.6) is 0 Å². The average molecular weight is 255 g/mol. The first-order valence-electron chi connectivity index (χ1n) is 6.04. The zero-order chi connectivity index (χ0) is 11.4. The van der Waals surface area contributed by atoms with Crippen LogP contribution in [0.1, 0.15) is 51.4 Å². The van der Waals surface area contributed by atoms with Crippen molar-refractivity contribution in [3.63, 3.8) is 0 Å². The van der Waals surface area contributed by atoms with E-state index in [-0.39, 0.29) is 0 Å². The molecule has 2 rings (SSSR count). The first kappa shape index (κ1) is 12.1. The molecule has 0 saturated heterocycles. The van der Waals surface area contributed by atoms with Gasteiger partial charge in [0.1, 0.15) is 0 Å². The summed E-state index contributed by atoms with van der Waals surface area (Å²) in [4.78, 5) is 0. The lowest BCUT2D eigenvalue weighted by Crippen LogP contribution is -1.79. The predicted octanol–water partition coefficient (Wildman–Crippen LogP) is 5.12. The number of allylic oxidation sites excluding steroid dienone is 4. The summed E-state index contributed by atoms with van der Waals surface area (Å²) in [7, 11) is 0. The zero-order valence-corrected chi connectivity index (χ0v) is 10.9. The lowest BCUT2D eigenvalue weighted by atomic mass is 10.2. The molecule has 0 N–H and O–H groups in total. The third kappa shape index (κ3) is 3.06. The van der Waals surface area contributed by atoms with Gasteiger partial charge in [0.2, 0.25) is 0 Å². The van der Waals surface area contributed by atoms with Crippen LogP contribution in [-0.4, -0.2) is 0 Å². The van der Waals surface area contributed by atoms with Crippen molar-refractivity contribution in [3.05, 3.63) is 21.2 Å². The second kappa shape index (κ2) is 5.80. The van der Waals surface area contributed by atoms with Gasteiger partial charge in [-0.05, 0) is 74.4 Å². The summed E-state index contributed by atoms with van der Waals surface area (Å²) in [5.74, 6) is 6.01. The van der Waals surface area contributed by atoms with E-state index in [2.05, 4.69) is 11.8 Å². The summed E-state index contributed by atoms with van der Waals surface area (Å²) in [5, 5.41) is 1.46. The molecule has 2 aliphatic carbocycles. The lowest BCUT2D eigenvalue weighted by Gasteiger charge is -1.96. The van der Waals surface area contributed by atoms with E-state index in [1.807, 2.05) is 0 Å². The van der Waals surface area contributed by atoms with Crippen LogP contribution in [0, 0.1) is 11.8 Å². The van der Waals surface area contributed by atoms with Crippen LogP contribution in [0.15, 0.2) is 21.2 Å². The molecule has 2 aliphatic rings. The Morgan fingerprint density at radius 3 is 1.31 bits per heavy atom. The Bertz CT molecular complexity index is 339. The summed E-state index contributed by atoms with van der Waals surface area (Å²) in [6.45, 7) is 0. The highest BCUT2D eigenvalue weighted by Gasteiger charge is 2.11. The molecule has 0 radical (unpaired) electrons. The standard InChI is InChI=1S/C14H16Cl2/c15-13(11-5-1-2-6-11)9-10-14(16)12-7-3-4-8-12/h1-8H2. The van der Waals surface area contributed by atoms with Crippen LogP contribution < -0.4 is 0 Å². The summed E-state index contributed by atoms with van der Waals surface area (Å²) in [6.07, 6.45) is 9.46. The molecule has 0 bridgehead atoms. The van der Waals surface area contributed by atoms with Crippen LogP contribution in [0.4, 0.5) is 0 Å². The maximum absolute atomic E-state index is 6.16.